The number of thioether (sulfide) groups is 1. The predicted molar refractivity (Wildman–Crippen MR) is 69.9 cm³/mol. The average Bonchev–Trinajstić information content (AvgIpc) is 2.40. The van der Waals surface area contributed by atoms with Crippen molar-refractivity contribution in [2.45, 2.75) is 25.0 Å². The van der Waals surface area contributed by atoms with Crippen LogP contribution in [0.4, 0.5) is 0 Å². The Bertz CT molecular complexity index is 363. The lowest BCUT2D eigenvalue weighted by Crippen LogP contribution is -2.40. The summed E-state index contributed by atoms with van der Waals surface area (Å²) in [6.45, 7) is 0. The normalized spacial score (nSPS) is 18.6. The second kappa shape index (κ2) is 6.07. The molecule has 17 heavy (non-hydrogen) atoms. The van der Waals surface area contributed by atoms with Gasteiger partial charge < -0.3 is 10.4 Å². The molecule has 2 N–H and O–H groups in total. The number of carbonyl (C=O) groups is 1. The highest BCUT2D eigenvalue weighted by molar-refractivity contribution is 7.99. The molecule has 1 aromatic rings. The van der Waals surface area contributed by atoms with Crippen LogP contribution in [0.15, 0.2) is 30.3 Å². The maximum atomic E-state index is 11.8. The van der Waals surface area contributed by atoms with Gasteiger partial charge in [0.15, 0.2) is 6.10 Å². The third kappa shape index (κ3) is 3.48. The summed E-state index contributed by atoms with van der Waals surface area (Å²) in [5.41, 5.74) is 0.648. The van der Waals surface area contributed by atoms with Crippen LogP contribution in [0.1, 0.15) is 24.5 Å². The summed E-state index contributed by atoms with van der Waals surface area (Å²) < 4.78 is 0. The zero-order chi connectivity index (χ0) is 12.1. The van der Waals surface area contributed by atoms with E-state index in [1.165, 1.54) is 0 Å². The van der Waals surface area contributed by atoms with E-state index in [9.17, 15) is 9.90 Å². The minimum atomic E-state index is -1.05. The van der Waals surface area contributed by atoms with Crippen LogP contribution in [-0.4, -0.2) is 28.6 Å². The second-order valence-corrected chi connectivity index (χ2v) is 5.43. The molecule has 0 bridgehead atoms. The standard InChI is InChI=1S/C13H17NO2S/c15-12(10-4-2-1-3-5-10)13(16)14-11-6-8-17-9-7-11/h1-5,11-12,15H,6-9H2,(H,14,16)/t12-/m0/s1. The van der Waals surface area contributed by atoms with Crippen molar-refractivity contribution >= 4 is 17.7 Å². The van der Waals surface area contributed by atoms with Gasteiger partial charge in [0, 0.05) is 6.04 Å². The lowest BCUT2D eigenvalue weighted by molar-refractivity contribution is -0.130. The molecule has 0 aliphatic carbocycles. The quantitative estimate of drug-likeness (QED) is 0.860. The van der Waals surface area contributed by atoms with Crippen LogP contribution < -0.4 is 5.32 Å². The van der Waals surface area contributed by atoms with E-state index >= 15 is 0 Å². The van der Waals surface area contributed by atoms with Crippen LogP contribution >= 0.6 is 11.8 Å². The molecule has 0 unspecified atom stereocenters. The Balaban J connectivity index is 1.91. The van der Waals surface area contributed by atoms with Crippen molar-refractivity contribution in [2.75, 3.05) is 11.5 Å². The van der Waals surface area contributed by atoms with Gasteiger partial charge in [0.05, 0.1) is 0 Å². The molecule has 1 heterocycles. The molecule has 4 heteroatoms. The molecular weight excluding hydrogens is 234 g/mol. The van der Waals surface area contributed by atoms with Crippen molar-refractivity contribution in [1.29, 1.82) is 0 Å². The largest absolute Gasteiger partial charge is 0.378 e. The predicted octanol–water partition coefficient (Wildman–Crippen LogP) is 1.73. The topological polar surface area (TPSA) is 49.3 Å². The number of aliphatic hydroxyl groups excluding tert-OH is 1. The van der Waals surface area contributed by atoms with E-state index in [1.807, 2.05) is 30.0 Å². The van der Waals surface area contributed by atoms with E-state index in [0.29, 0.717) is 5.56 Å². The number of hydrogen-bond donors (Lipinski definition) is 2. The fraction of sp³-hybridized carbons (Fsp3) is 0.462. The Morgan fingerprint density at radius 3 is 2.59 bits per heavy atom. The number of nitrogens with one attached hydrogen (secondary N) is 1. The molecule has 92 valence electrons. The number of aliphatic hydroxyl groups is 1. The number of benzene rings is 1. The van der Waals surface area contributed by atoms with Crippen molar-refractivity contribution in [3.63, 3.8) is 0 Å². The van der Waals surface area contributed by atoms with E-state index in [0.717, 1.165) is 24.3 Å². The Hall–Kier alpha value is -1.00. The SMILES string of the molecule is O=C(NC1CCSCC1)[C@@H](O)c1ccccc1. The molecule has 1 amide bonds. The summed E-state index contributed by atoms with van der Waals surface area (Å²) in [4.78, 5) is 11.8. The maximum Gasteiger partial charge on any atom is 0.253 e. The van der Waals surface area contributed by atoms with Gasteiger partial charge in [-0.25, -0.2) is 0 Å². The molecule has 3 nitrogen and oxygen atoms in total. The van der Waals surface area contributed by atoms with Crippen LogP contribution in [0.2, 0.25) is 0 Å². The lowest BCUT2D eigenvalue weighted by Gasteiger charge is -2.23. The van der Waals surface area contributed by atoms with Crippen LogP contribution in [0.3, 0.4) is 0 Å². The molecule has 2 rings (SSSR count). The number of amides is 1. The minimum absolute atomic E-state index is 0.224. The van der Waals surface area contributed by atoms with E-state index < -0.39 is 6.10 Å². The van der Waals surface area contributed by atoms with Gasteiger partial charge in [-0.05, 0) is 29.9 Å². The lowest BCUT2D eigenvalue weighted by atomic mass is 10.1. The van der Waals surface area contributed by atoms with Crippen molar-refractivity contribution in [1.82, 2.24) is 5.32 Å². The number of hydrogen-bond acceptors (Lipinski definition) is 3. The first-order chi connectivity index (χ1) is 8.27. The van der Waals surface area contributed by atoms with E-state index in [4.69, 9.17) is 0 Å². The molecule has 1 atom stereocenters. The van der Waals surface area contributed by atoms with Gasteiger partial charge >= 0.3 is 0 Å². The first kappa shape index (κ1) is 12.5. The first-order valence-corrected chi connectivity index (χ1v) is 7.04. The molecule has 1 saturated heterocycles. The van der Waals surface area contributed by atoms with Crippen molar-refractivity contribution < 1.29 is 9.90 Å². The third-order valence-corrected chi connectivity index (χ3v) is 3.98. The summed E-state index contributed by atoms with van der Waals surface area (Å²) in [5, 5.41) is 12.8. The molecule has 1 aromatic carbocycles. The molecule has 0 spiro atoms. The van der Waals surface area contributed by atoms with Gasteiger partial charge in [0.25, 0.3) is 5.91 Å². The molecular formula is C13H17NO2S. The highest BCUT2D eigenvalue weighted by Crippen LogP contribution is 2.18. The summed E-state index contributed by atoms with van der Waals surface area (Å²) in [5.74, 6) is 1.90. The Morgan fingerprint density at radius 2 is 1.94 bits per heavy atom. The zero-order valence-corrected chi connectivity index (χ0v) is 10.5. The number of carbonyl (C=O) groups excluding carboxylic acids is 1. The highest BCUT2D eigenvalue weighted by atomic mass is 32.2. The Kier molecular flexibility index (Phi) is 4.45. The third-order valence-electron chi connectivity index (χ3n) is 2.93. The summed E-state index contributed by atoms with van der Waals surface area (Å²) in [6, 6.07) is 9.27. The highest BCUT2D eigenvalue weighted by Gasteiger charge is 2.21. The van der Waals surface area contributed by atoms with Crippen LogP contribution in [0.5, 0.6) is 0 Å². The van der Waals surface area contributed by atoms with Crippen molar-refractivity contribution in [3.05, 3.63) is 35.9 Å². The summed E-state index contributed by atoms with van der Waals surface area (Å²) >= 11 is 1.92. The number of rotatable bonds is 3. The molecule has 0 saturated carbocycles. The van der Waals surface area contributed by atoms with Gasteiger partial charge in [0.2, 0.25) is 0 Å². The zero-order valence-electron chi connectivity index (χ0n) is 9.63. The monoisotopic (exact) mass is 251 g/mol. The second-order valence-electron chi connectivity index (χ2n) is 4.21. The van der Waals surface area contributed by atoms with Crippen LogP contribution in [0.25, 0.3) is 0 Å². The molecule has 0 aromatic heterocycles. The van der Waals surface area contributed by atoms with Crippen LogP contribution in [0, 0.1) is 0 Å². The van der Waals surface area contributed by atoms with Crippen LogP contribution in [-0.2, 0) is 4.79 Å². The summed E-state index contributed by atoms with van der Waals surface area (Å²) in [6.07, 6.45) is 0.946. The molecule has 0 radical (unpaired) electrons. The first-order valence-electron chi connectivity index (χ1n) is 5.88. The van der Waals surface area contributed by atoms with Gasteiger partial charge in [-0.3, -0.25) is 4.79 Å². The molecule has 1 aliphatic rings. The minimum Gasteiger partial charge on any atom is -0.378 e. The fourth-order valence-electron chi connectivity index (χ4n) is 1.91. The smallest absolute Gasteiger partial charge is 0.253 e. The Labute approximate surface area is 106 Å². The maximum absolute atomic E-state index is 11.8. The van der Waals surface area contributed by atoms with Gasteiger partial charge in [0.1, 0.15) is 0 Å². The average molecular weight is 251 g/mol. The van der Waals surface area contributed by atoms with Gasteiger partial charge in [-0.1, -0.05) is 30.3 Å². The van der Waals surface area contributed by atoms with Gasteiger partial charge in [-0.2, -0.15) is 11.8 Å². The van der Waals surface area contributed by atoms with Crippen molar-refractivity contribution in [2.24, 2.45) is 0 Å². The van der Waals surface area contributed by atoms with Gasteiger partial charge in [-0.15, -0.1) is 0 Å². The Morgan fingerprint density at radius 1 is 1.29 bits per heavy atom. The summed E-state index contributed by atoms with van der Waals surface area (Å²) in [7, 11) is 0. The van der Waals surface area contributed by atoms with E-state index in [1.54, 1.807) is 12.1 Å². The van der Waals surface area contributed by atoms with Crippen molar-refractivity contribution in [3.8, 4) is 0 Å². The van der Waals surface area contributed by atoms with E-state index in [-0.39, 0.29) is 11.9 Å². The molecule has 1 aliphatic heterocycles. The van der Waals surface area contributed by atoms with E-state index in [2.05, 4.69) is 5.32 Å². The fourth-order valence-corrected chi connectivity index (χ4v) is 3.02. The molecule has 1 fully saturated rings.